The molecule has 0 spiro atoms. The quantitative estimate of drug-likeness (QED) is 0.0995. The maximum Gasteiger partial charge on any atom is 0.248 e. The molecule has 4 heterocycles. The van der Waals surface area contributed by atoms with Gasteiger partial charge in [-0.25, -0.2) is 0 Å². The highest BCUT2D eigenvalue weighted by atomic mass is 79.9. The molecule has 0 unspecified atom stereocenters. The van der Waals surface area contributed by atoms with Crippen LogP contribution in [0, 0.1) is 0 Å². The van der Waals surface area contributed by atoms with Crippen molar-refractivity contribution < 1.29 is 0 Å². The average molecular weight is 1270 g/mol. The van der Waals surface area contributed by atoms with Gasteiger partial charge in [0, 0.05) is 43.1 Å². The number of benzene rings is 12. The first-order valence-electron chi connectivity index (χ1n) is 32.3. The Balaban J connectivity index is 1.18. The van der Waals surface area contributed by atoms with Crippen LogP contribution < -0.4 is 42.6 Å². The van der Waals surface area contributed by atoms with Gasteiger partial charge in [-0.2, -0.15) is 0 Å². The lowest BCUT2D eigenvalue weighted by Crippen LogP contribution is -2.60. The van der Waals surface area contributed by atoms with E-state index in [9.17, 15) is 0 Å². The third kappa shape index (κ3) is 7.99. The summed E-state index contributed by atoms with van der Waals surface area (Å²) < 4.78 is 2.16. The normalized spacial score (nSPS) is 13.6. The van der Waals surface area contributed by atoms with Crippen LogP contribution in [0.4, 0.5) is 34.1 Å². The van der Waals surface area contributed by atoms with E-state index in [1.807, 2.05) is 0 Å². The minimum Gasteiger partial charge on any atom is -0.311 e. The highest BCUT2D eigenvalue weighted by molar-refractivity contribution is 9.10. The first kappa shape index (κ1) is 55.7. The fraction of sp³-hybridized carbons (Fsp3) is 0.220. The molecular weight excluding hydrogens is 1190 g/mol. The Morgan fingerprint density at radius 3 is 0.977 bits per heavy atom. The van der Waals surface area contributed by atoms with Crippen molar-refractivity contribution in [3.63, 3.8) is 0 Å². The molecule has 12 aromatic carbocycles. The number of anilines is 6. The van der Waals surface area contributed by atoms with Crippen molar-refractivity contribution in [2.24, 2.45) is 0 Å². The van der Waals surface area contributed by atoms with Crippen molar-refractivity contribution in [2.75, 3.05) is 9.80 Å². The fourth-order valence-electron chi connectivity index (χ4n) is 16.5. The van der Waals surface area contributed by atoms with E-state index in [0.29, 0.717) is 11.8 Å². The Kier molecular flexibility index (Phi) is 12.9. The van der Waals surface area contributed by atoms with Crippen molar-refractivity contribution in [3.8, 4) is 44.5 Å². The Morgan fingerprint density at radius 1 is 0.295 bits per heavy atom. The number of hydrogen-bond acceptors (Lipinski definition) is 2. The summed E-state index contributed by atoms with van der Waals surface area (Å²) in [6.07, 6.45) is 0. The van der Waals surface area contributed by atoms with Crippen LogP contribution in [0.2, 0.25) is 0 Å². The van der Waals surface area contributed by atoms with Gasteiger partial charge in [0.1, 0.15) is 0 Å². The second-order valence-electron chi connectivity index (χ2n) is 27.6. The van der Waals surface area contributed by atoms with E-state index in [1.54, 1.807) is 0 Å². The highest BCUT2D eigenvalue weighted by Crippen LogP contribution is 2.55. The van der Waals surface area contributed by atoms with E-state index in [1.165, 1.54) is 166 Å². The van der Waals surface area contributed by atoms with Gasteiger partial charge < -0.3 is 9.80 Å². The molecule has 0 atom stereocenters. The van der Waals surface area contributed by atoms with Gasteiger partial charge in [-0.05, 0) is 240 Å². The fourth-order valence-corrected chi connectivity index (χ4v) is 17.4. The molecule has 88 heavy (non-hydrogen) atoms. The zero-order valence-electron chi connectivity index (χ0n) is 52.6. The molecule has 0 bridgehead atoms. The molecule has 0 amide bonds. The molecule has 0 saturated carbocycles. The van der Waals surface area contributed by atoms with Gasteiger partial charge >= 0.3 is 0 Å². The van der Waals surface area contributed by atoms with Gasteiger partial charge in [-0.3, -0.25) is 0 Å². The Morgan fingerprint density at radius 2 is 0.636 bits per heavy atom. The summed E-state index contributed by atoms with van der Waals surface area (Å²) in [7, 11) is 0. The monoisotopic (exact) mass is 1260 g/mol. The van der Waals surface area contributed by atoms with Gasteiger partial charge in [0.15, 0.2) is 0 Å². The van der Waals surface area contributed by atoms with E-state index in [0.717, 1.165) is 20.3 Å². The van der Waals surface area contributed by atoms with Crippen LogP contribution in [-0.2, 0) is 0 Å². The van der Waals surface area contributed by atoms with Gasteiger partial charge in [0.25, 0.3) is 0 Å². The first-order chi connectivity index (χ1) is 42.5. The van der Waals surface area contributed by atoms with Gasteiger partial charge in [-0.15, -0.1) is 0 Å². The van der Waals surface area contributed by atoms with E-state index < -0.39 is 0 Å². The van der Waals surface area contributed by atoms with Crippen LogP contribution in [0.5, 0.6) is 0 Å². The van der Waals surface area contributed by atoms with Crippen LogP contribution in [-0.4, -0.2) is 13.4 Å². The molecule has 12 aromatic rings. The largest absolute Gasteiger partial charge is 0.311 e. The number of nitrogens with zero attached hydrogens (tertiary/aromatic N) is 2. The minimum atomic E-state index is -0.0483. The lowest BCUT2D eigenvalue weighted by molar-refractivity contribution is 0.807. The number of hydrogen-bond donors (Lipinski definition) is 0. The lowest BCUT2D eigenvalue weighted by Gasteiger charge is -2.42. The molecular formula is C82H72B2Br2N2. The molecule has 0 aliphatic carbocycles. The topological polar surface area (TPSA) is 6.48 Å². The lowest BCUT2D eigenvalue weighted by atomic mass is 9.31. The molecule has 4 aliphatic rings. The average Bonchev–Trinajstić information content (AvgIpc) is 0.669. The van der Waals surface area contributed by atoms with Crippen LogP contribution in [0.1, 0.15) is 152 Å². The van der Waals surface area contributed by atoms with Crippen molar-refractivity contribution in [1.82, 2.24) is 0 Å². The predicted octanol–water partition coefficient (Wildman–Crippen LogP) is 20.7. The molecule has 6 heteroatoms. The van der Waals surface area contributed by atoms with E-state index >= 15 is 0 Å². The third-order valence-corrected chi connectivity index (χ3v) is 21.4. The predicted molar refractivity (Wildman–Crippen MR) is 391 cm³/mol. The smallest absolute Gasteiger partial charge is 0.248 e. The molecule has 0 saturated heterocycles. The van der Waals surface area contributed by atoms with Crippen molar-refractivity contribution in [2.45, 2.75) is 119 Å². The molecule has 4 aliphatic heterocycles. The van der Waals surface area contributed by atoms with Crippen molar-refractivity contribution >= 4 is 145 Å². The number of para-hydroxylation sites is 4. The molecule has 430 valence electrons. The Bertz CT molecular complexity index is 4550. The number of halogens is 2. The van der Waals surface area contributed by atoms with Crippen LogP contribution >= 0.6 is 31.9 Å². The summed E-state index contributed by atoms with van der Waals surface area (Å²) >= 11 is 8.47. The van der Waals surface area contributed by atoms with Crippen LogP contribution in [0.15, 0.2) is 191 Å². The summed E-state index contributed by atoms with van der Waals surface area (Å²) in [5.74, 6) is 1.85. The molecule has 16 rings (SSSR count). The summed E-state index contributed by atoms with van der Waals surface area (Å²) in [6, 6.07) is 71.7. The summed E-state index contributed by atoms with van der Waals surface area (Å²) in [5, 5.41) is 8.23. The second-order valence-corrected chi connectivity index (χ2v) is 29.5. The zero-order valence-corrected chi connectivity index (χ0v) is 55.8. The standard InChI is InChI=1S/C82H72B2Br2N2/c1-43(2)49-31-55(45(5)6)75(56(32-49)46(7)8)59-39-61-65-35-51(85)37-73-81(65)84(68-28-20-22-30-72(68)87(73)53-23-15-13-16-24-53)70-42-64-60(76-57(47(9)10)33-50(44(3)4)34-58(76)48(11)12)40-62-66-36-52(86)38-74-82(66)83(69-41-63(59)79(77(61)70)80(64)78(62)69)67-27-19-21-29-71(67)88(74)54-25-17-14-18-26-54/h13-48H,1-12H3. The van der Waals surface area contributed by atoms with E-state index in [4.69, 9.17) is 0 Å². The summed E-state index contributed by atoms with van der Waals surface area (Å²) in [4.78, 5) is 5.08. The van der Waals surface area contributed by atoms with Crippen molar-refractivity contribution in [3.05, 3.63) is 224 Å². The molecule has 0 radical (unpaired) electrons. The maximum absolute atomic E-state index is 4.23. The second kappa shape index (κ2) is 20.5. The van der Waals surface area contributed by atoms with Crippen LogP contribution in [0.25, 0.3) is 76.8 Å². The minimum absolute atomic E-state index is 0.0483. The Labute approximate surface area is 537 Å². The SMILES string of the molecule is CC(C)c1cc(C(C)C)c(-c2cc3c4c(cc5c(-c6c(C(C)C)cc(C(C)C)cc6C(C)C)cc6c7c(cc2c4c57)B2c4ccccc4N(c4ccccc4)c4cc(Br)cc-6c42)B2c4ccccc4N(c4ccccc4)c4cc(Br)cc-3c42)c(C(C)C)c1. The third-order valence-electron chi connectivity index (χ3n) is 20.5. The summed E-state index contributed by atoms with van der Waals surface area (Å²) in [5.41, 5.74) is 34.6. The van der Waals surface area contributed by atoms with E-state index in [2.05, 4.69) is 307 Å². The maximum atomic E-state index is 4.23. The van der Waals surface area contributed by atoms with Crippen LogP contribution in [0.3, 0.4) is 0 Å². The molecule has 2 nitrogen and oxygen atoms in total. The highest BCUT2D eigenvalue weighted by Gasteiger charge is 2.46. The van der Waals surface area contributed by atoms with Gasteiger partial charge in [0.05, 0.1) is 0 Å². The first-order valence-corrected chi connectivity index (χ1v) is 33.9. The molecule has 0 fully saturated rings. The van der Waals surface area contributed by atoms with Gasteiger partial charge in [0.2, 0.25) is 13.4 Å². The van der Waals surface area contributed by atoms with E-state index in [-0.39, 0.29) is 37.1 Å². The van der Waals surface area contributed by atoms with Gasteiger partial charge in [-0.1, -0.05) is 235 Å². The molecule has 0 N–H and O–H groups in total. The Hall–Kier alpha value is -7.63. The molecule has 0 aromatic heterocycles. The van der Waals surface area contributed by atoms with Crippen molar-refractivity contribution in [1.29, 1.82) is 0 Å². The number of fused-ring (bicyclic) bond motifs is 8. The summed E-state index contributed by atoms with van der Waals surface area (Å²) in [6.45, 7) is 28.8. The zero-order chi connectivity index (χ0) is 60.6. The number of rotatable bonds is 10.